The molecule has 0 saturated heterocycles. The maximum atomic E-state index is 5.67. The highest BCUT2D eigenvalue weighted by Gasteiger charge is 2.22. The number of anilines is 1. The Morgan fingerprint density at radius 1 is 1.44 bits per heavy atom. The minimum Gasteiger partial charge on any atom is -0.407 e. The summed E-state index contributed by atoms with van der Waals surface area (Å²) in [5.74, 6) is 0.653. The SMILES string of the molecule is COCCN(c1nnc(CNC2CC2)o1)C(C)C. The summed E-state index contributed by atoms with van der Waals surface area (Å²) in [5.41, 5.74) is 0. The van der Waals surface area contributed by atoms with Crippen LogP contribution in [0.3, 0.4) is 0 Å². The highest BCUT2D eigenvalue weighted by molar-refractivity contribution is 5.25. The standard InChI is InChI=1S/C12H22N4O2/c1-9(2)16(6-7-17-3)12-15-14-11(18-12)8-13-10-4-5-10/h9-10,13H,4-8H2,1-3H3. The van der Waals surface area contributed by atoms with Crippen LogP contribution in [0, 0.1) is 0 Å². The minimum absolute atomic E-state index is 0.310. The van der Waals surface area contributed by atoms with E-state index in [2.05, 4.69) is 34.3 Å². The number of ether oxygens (including phenoxy) is 1. The Hall–Kier alpha value is -1.14. The van der Waals surface area contributed by atoms with Crippen molar-refractivity contribution in [1.29, 1.82) is 0 Å². The summed E-state index contributed by atoms with van der Waals surface area (Å²) in [5, 5.41) is 11.5. The first-order chi connectivity index (χ1) is 8.70. The van der Waals surface area contributed by atoms with Crippen LogP contribution in [-0.2, 0) is 11.3 Å². The molecule has 6 nitrogen and oxygen atoms in total. The van der Waals surface area contributed by atoms with Crippen molar-refractivity contribution in [3.63, 3.8) is 0 Å². The van der Waals surface area contributed by atoms with Crippen molar-refractivity contribution in [2.75, 3.05) is 25.2 Å². The van der Waals surface area contributed by atoms with Crippen molar-refractivity contribution < 1.29 is 9.15 Å². The second-order valence-electron chi connectivity index (χ2n) is 4.91. The Morgan fingerprint density at radius 3 is 2.83 bits per heavy atom. The summed E-state index contributed by atoms with van der Waals surface area (Å²) in [6, 6.07) is 1.54. The third-order valence-corrected chi connectivity index (χ3v) is 2.98. The summed E-state index contributed by atoms with van der Waals surface area (Å²) in [7, 11) is 1.69. The van der Waals surface area contributed by atoms with Gasteiger partial charge in [-0.25, -0.2) is 0 Å². The molecule has 18 heavy (non-hydrogen) atoms. The van der Waals surface area contributed by atoms with Crippen LogP contribution >= 0.6 is 0 Å². The van der Waals surface area contributed by atoms with Crippen LogP contribution in [0.15, 0.2) is 4.42 Å². The fourth-order valence-electron chi connectivity index (χ4n) is 1.72. The van der Waals surface area contributed by atoms with Crippen LogP contribution in [0.2, 0.25) is 0 Å². The molecule has 1 heterocycles. The average Bonchev–Trinajstić information content (AvgIpc) is 3.06. The van der Waals surface area contributed by atoms with Crippen molar-refractivity contribution in [3.8, 4) is 0 Å². The van der Waals surface area contributed by atoms with Gasteiger partial charge in [-0.1, -0.05) is 5.10 Å². The molecule has 0 atom stereocenters. The van der Waals surface area contributed by atoms with Gasteiger partial charge in [0, 0.05) is 25.7 Å². The first kappa shape index (κ1) is 13.3. The van der Waals surface area contributed by atoms with Gasteiger partial charge in [-0.2, -0.15) is 0 Å². The van der Waals surface area contributed by atoms with Gasteiger partial charge in [-0.3, -0.25) is 0 Å². The summed E-state index contributed by atoms with van der Waals surface area (Å²) in [6.07, 6.45) is 2.51. The minimum atomic E-state index is 0.310. The molecule has 1 N–H and O–H groups in total. The highest BCUT2D eigenvalue weighted by Crippen LogP contribution is 2.20. The molecule has 1 aliphatic rings. The van der Waals surface area contributed by atoms with E-state index < -0.39 is 0 Å². The molecule has 102 valence electrons. The zero-order chi connectivity index (χ0) is 13.0. The third-order valence-electron chi connectivity index (χ3n) is 2.98. The smallest absolute Gasteiger partial charge is 0.318 e. The molecular formula is C12H22N4O2. The van der Waals surface area contributed by atoms with Gasteiger partial charge in [0.1, 0.15) is 0 Å². The van der Waals surface area contributed by atoms with E-state index in [9.17, 15) is 0 Å². The normalized spacial score (nSPS) is 15.3. The molecule has 0 radical (unpaired) electrons. The number of hydrogen-bond donors (Lipinski definition) is 1. The predicted molar refractivity (Wildman–Crippen MR) is 68.5 cm³/mol. The molecule has 0 aromatic carbocycles. The quantitative estimate of drug-likeness (QED) is 0.751. The van der Waals surface area contributed by atoms with Gasteiger partial charge in [0.25, 0.3) is 0 Å². The van der Waals surface area contributed by atoms with Gasteiger partial charge in [0.15, 0.2) is 0 Å². The lowest BCUT2D eigenvalue weighted by molar-refractivity contribution is 0.202. The van der Waals surface area contributed by atoms with Gasteiger partial charge in [-0.05, 0) is 26.7 Å². The summed E-state index contributed by atoms with van der Waals surface area (Å²) in [4.78, 5) is 2.05. The number of nitrogens with zero attached hydrogens (tertiary/aromatic N) is 3. The Kier molecular flexibility index (Phi) is 4.54. The molecule has 2 rings (SSSR count). The topological polar surface area (TPSA) is 63.4 Å². The lowest BCUT2D eigenvalue weighted by Crippen LogP contribution is -2.34. The Labute approximate surface area is 108 Å². The van der Waals surface area contributed by atoms with E-state index in [1.807, 2.05) is 0 Å². The van der Waals surface area contributed by atoms with Crippen molar-refractivity contribution >= 4 is 6.01 Å². The van der Waals surface area contributed by atoms with Gasteiger partial charge in [0.05, 0.1) is 13.2 Å². The predicted octanol–water partition coefficient (Wildman–Crippen LogP) is 1.18. The highest BCUT2D eigenvalue weighted by atomic mass is 16.5. The number of rotatable bonds is 8. The molecular weight excluding hydrogens is 232 g/mol. The van der Waals surface area contributed by atoms with Gasteiger partial charge < -0.3 is 19.4 Å². The number of methoxy groups -OCH3 is 1. The molecule has 1 fully saturated rings. The summed E-state index contributed by atoms with van der Waals surface area (Å²) >= 11 is 0. The first-order valence-electron chi connectivity index (χ1n) is 6.52. The molecule has 1 saturated carbocycles. The number of nitrogens with one attached hydrogen (secondary N) is 1. The van der Waals surface area contributed by atoms with Crippen LogP contribution in [0.1, 0.15) is 32.6 Å². The van der Waals surface area contributed by atoms with Crippen molar-refractivity contribution in [3.05, 3.63) is 5.89 Å². The van der Waals surface area contributed by atoms with Crippen molar-refractivity contribution in [2.24, 2.45) is 0 Å². The lowest BCUT2D eigenvalue weighted by Gasteiger charge is -2.23. The Morgan fingerprint density at radius 2 is 2.22 bits per heavy atom. The van der Waals surface area contributed by atoms with Crippen LogP contribution in [-0.4, -0.2) is 42.5 Å². The maximum Gasteiger partial charge on any atom is 0.318 e. The molecule has 0 amide bonds. The van der Waals surface area contributed by atoms with E-state index in [-0.39, 0.29) is 0 Å². The molecule has 1 aromatic rings. The van der Waals surface area contributed by atoms with E-state index in [1.54, 1.807) is 7.11 Å². The molecule has 6 heteroatoms. The van der Waals surface area contributed by atoms with E-state index in [0.717, 1.165) is 6.54 Å². The van der Waals surface area contributed by atoms with Gasteiger partial charge >= 0.3 is 6.01 Å². The first-order valence-corrected chi connectivity index (χ1v) is 6.52. The second-order valence-corrected chi connectivity index (χ2v) is 4.91. The fraction of sp³-hybridized carbons (Fsp3) is 0.833. The van der Waals surface area contributed by atoms with Crippen LogP contribution in [0.25, 0.3) is 0 Å². The third kappa shape index (κ3) is 3.68. The Balaban J connectivity index is 1.91. The van der Waals surface area contributed by atoms with Crippen LogP contribution in [0.4, 0.5) is 6.01 Å². The molecule has 1 aliphatic carbocycles. The summed E-state index contributed by atoms with van der Waals surface area (Å²) < 4.78 is 10.8. The van der Waals surface area contributed by atoms with E-state index >= 15 is 0 Å². The molecule has 1 aromatic heterocycles. The Bertz CT molecular complexity index is 363. The van der Waals surface area contributed by atoms with E-state index in [4.69, 9.17) is 9.15 Å². The summed E-state index contributed by atoms with van der Waals surface area (Å²) in [6.45, 7) is 6.26. The van der Waals surface area contributed by atoms with Crippen LogP contribution < -0.4 is 10.2 Å². The largest absolute Gasteiger partial charge is 0.407 e. The van der Waals surface area contributed by atoms with Gasteiger partial charge in [0.2, 0.25) is 5.89 Å². The molecule has 0 spiro atoms. The lowest BCUT2D eigenvalue weighted by atomic mass is 10.3. The monoisotopic (exact) mass is 254 g/mol. The van der Waals surface area contributed by atoms with Crippen molar-refractivity contribution in [2.45, 2.75) is 45.3 Å². The molecule has 0 aliphatic heterocycles. The average molecular weight is 254 g/mol. The molecule has 0 bridgehead atoms. The van der Waals surface area contributed by atoms with E-state index in [1.165, 1.54) is 12.8 Å². The fourth-order valence-corrected chi connectivity index (χ4v) is 1.72. The second kappa shape index (κ2) is 6.15. The maximum absolute atomic E-state index is 5.67. The van der Waals surface area contributed by atoms with Crippen molar-refractivity contribution in [1.82, 2.24) is 15.5 Å². The zero-order valence-electron chi connectivity index (χ0n) is 11.3. The van der Waals surface area contributed by atoms with E-state index in [0.29, 0.717) is 37.1 Å². The zero-order valence-corrected chi connectivity index (χ0v) is 11.3. The van der Waals surface area contributed by atoms with Gasteiger partial charge in [-0.15, -0.1) is 5.10 Å². The van der Waals surface area contributed by atoms with Crippen LogP contribution in [0.5, 0.6) is 0 Å². The molecule has 0 unspecified atom stereocenters. The number of aromatic nitrogens is 2. The number of hydrogen-bond acceptors (Lipinski definition) is 6.